The zero-order valence-electron chi connectivity index (χ0n) is 13.0. The Bertz CT molecular complexity index is 798. The summed E-state index contributed by atoms with van der Waals surface area (Å²) in [5.74, 6) is 1.03. The van der Waals surface area contributed by atoms with Gasteiger partial charge in [0.05, 0.1) is 0 Å². The van der Waals surface area contributed by atoms with Crippen molar-refractivity contribution in [2.24, 2.45) is 0 Å². The van der Waals surface area contributed by atoms with Gasteiger partial charge in [0.2, 0.25) is 11.7 Å². The Kier molecular flexibility index (Phi) is 3.73. The molecule has 0 spiro atoms. The molecule has 3 rings (SSSR count). The molecule has 0 bridgehead atoms. The van der Waals surface area contributed by atoms with E-state index in [2.05, 4.69) is 20.4 Å². The van der Waals surface area contributed by atoms with Gasteiger partial charge in [-0.2, -0.15) is 4.98 Å². The SMILES string of the molecule is CC(C)(C)OC(=O)NCc1nc(-c2cc3cnccc3o2)no1. The van der Waals surface area contributed by atoms with Crippen LogP contribution in [-0.2, 0) is 11.3 Å². The molecule has 0 aromatic carbocycles. The Morgan fingerprint density at radius 2 is 2.22 bits per heavy atom. The average molecular weight is 316 g/mol. The standard InChI is InChI=1S/C15H16N4O4/c1-15(2,3)22-14(20)17-8-12-18-13(19-23-12)11-6-9-7-16-5-4-10(9)21-11/h4-7H,8H2,1-3H3,(H,17,20). The molecule has 23 heavy (non-hydrogen) atoms. The largest absolute Gasteiger partial charge is 0.452 e. The monoisotopic (exact) mass is 316 g/mol. The molecule has 0 saturated heterocycles. The summed E-state index contributed by atoms with van der Waals surface area (Å²) in [6, 6.07) is 3.53. The molecule has 0 aliphatic rings. The van der Waals surface area contributed by atoms with Crippen LogP contribution in [0, 0.1) is 0 Å². The van der Waals surface area contributed by atoms with E-state index in [1.165, 1.54) is 0 Å². The number of nitrogens with zero attached hydrogens (tertiary/aromatic N) is 3. The van der Waals surface area contributed by atoms with Gasteiger partial charge < -0.3 is 19.0 Å². The highest BCUT2D eigenvalue weighted by molar-refractivity contribution is 5.80. The maximum Gasteiger partial charge on any atom is 0.408 e. The molecule has 0 atom stereocenters. The van der Waals surface area contributed by atoms with Crippen molar-refractivity contribution in [2.45, 2.75) is 32.9 Å². The lowest BCUT2D eigenvalue weighted by atomic mass is 10.2. The second kappa shape index (κ2) is 5.71. The first-order valence-corrected chi connectivity index (χ1v) is 7.04. The minimum absolute atomic E-state index is 0.0731. The van der Waals surface area contributed by atoms with Gasteiger partial charge in [0, 0.05) is 17.8 Å². The van der Waals surface area contributed by atoms with Gasteiger partial charge in [0.1, 0.15) is 17.7 Å². The van der Waals surface area contributed by atoms with E-state index >= 15 is 0 Å². The van der Waals surface area contributed by atoms with Crippen LogP contribution in [0.1, 0.15) is 26.7 Å². The molecule has 0 fully saturated rings. The second-order valence-electron chi connectivity index (χ2n) is 5.89. The fraction of sp³-hybridized carbons (Fsp3) is 0.333. The van der Waals surface area contributed by atoms with Crippen molar-refractivity contribution in [1.29, 1.82) is 0 Å². The van der Waals surface area contributed by atoms with Crippen LogP contribution in [0.3, 0.4) is 0 Å². The number of amides is 1. The van der Waals surface area contributed by atoms with Crippen molar-refractivity contribution >= 4 is 17.1 Å². The summed E-state index contributed by atoms with van der Waals surface area (Å²) in [5.41, 5.74) is 0.125. The number of hydrogen-bond donors (Lipinski definition) is 1. The summed E-state index contributed by atoms with van der Waals surface area (Å²) < 4.78 is 15.8. The van der Waals surface area contributed by atoms with Gasteiger partial charge in [0.25, 0.3) is 0 Å². The Labute approximate surface area is 131 Å². The molecule has 1 N–H and O–H groups in total. The van der Waals surface area contributed by atoms with E-state index in [0.717, 1.165) is 5.39 Å². The number of fused-ring (bicyclic) bond motifs is 1. The van der Waals surface area contributed by atoms with Gasteiger partial charge in [-0.15, -0.1) is 0 Å². The molecule has 0 unspecified atom stereocenters. The van der Waals surface area contributed by atoms with Crippen LogP contribution in [-0.4, -0.2) is 26.8 Å². The predicted octanol–water partition coefficient (Wildman–Crippen LogP) is 2.90. The third-order valence-corrected chi connectivity index (χ3v) is 2.79. The Hall–Kier alpha value is -2.90. The molecule has 120 valence electrons. The highest BCUT2D eigenvalue weighted by Crippen LogP contribution is 2.24. The van der Waals surface area contributed by atoms with E-state index < -0.39 is 11.7 Å². The maximum absolute atomic E-state index is 11.6. The van der Waals surface area contributed by atoms with Crippen LogP contribution in [0.15, 0.2) is 33.5 Å². The molecule has 0 saturated carbocycles. The van der Waals surface area contributed by atoms with Crippen molar-refractivity contribution in [3.05, 3.63) is 30.4 Å². The zero-order valence-corrected chi connectivity index (χ0v) is 13.0. The molecule has 3 heterocycles. The lowest BCUT2D eigenvalue weighted by molar-refractivity contribution is 0.0518. The maximum atomic E-state index is 11.6. The van der Waals surface area contributed by atoms with Crippen molar-refractivity contribution in [3.63, 3.8) is 0 Å². The van der Waals surface area contributed by atoms with E-state index in [1.807, 2.05) is 0 Å². The highest BCUT2D eigenvalue weighted by Gasteiger charge is 2.18. The Morgan fingerprint density at radius 3 is 2.96 bits per heavy atom. The number of carbonyl (C=O) groups is 1. The molecule has 0 radical (unpaired) electrons. The summed E-state index contributed by atoms with van der Waals surface area (Å²) in [7, 11) is 0. The van der Waals surface area contributed by atoms with Crippen LogP contribution in [0.4, 0.5) is 4.79 Å². The normalized spacial score (nSPS) is 11.6. The van der Waals surface area contributed by atoms with E-state index in [1.54, 1.807) is 45.3 Å². The predicted molar refractivity (Wildman–Crippen MR) is 80.4 cm³/mol. The fourth-order valence-corrected chi connectivity index (χ4v) is 1.88. The first-order chi connectivity index (χ1) is 10.9. The van der Waals surface area contributed by atoms with Gasteiger partial charge in [-0.25, -0.2) is 4.79 Å². The Morgan fingerprint density at radius 1 is 1.39 bits per heavy atom. The van der Waals surface area contributed by atoms with E-state index in [4.69, 9.17) is 13.7 Å². The van der Waals surface area contributed by atoms with E-state index in [0.29, 0.717) is 17.2 Å². The van der Waals surface area contributed by atoms with Gasteiger partial charge in [-0.1, -0.05) is 5.16 Å². The molecule has 8 nitrogen and oxygen atoms in total. The van der Waals surface area contributed by atoms with Crippen molar-refractivity contribution in [2.75, 3.05) is 0 Å². The van der Waals surface area contributed by atoms with Crippen LogP contribution in [0.5, 0.6) is 0 Å². The topological polar surface area (TPSA) is 103 Å². The summed E-state index contributed by atoms with van der Waals surface area (Å²) >= 11 is 0. The molecule has 3 aromatic rings. The van der Waals surface area contributed by atoms with Gasteiger partial charge in [-0.05, 0) is 32.9 Å². The highest BCUT2D eigenvalue weighted by atomic mass is 16.6. The van der Waals surface area contributed by atoms with Gasteiger partial charge in [-0.3, -0.25) is 4.98 Å². The summed E-state index contributed by atoms with van der Waals surface area (Å²) in [6.07, 6.45) is 2.78. The first kappa shape index (κ1) is 15.0. The number of alkyl carbamates (subject to hydrolysis) is 1. The minimum atomic E-state index is -0.563. The minimum Gasteiger partial charge on any atom is -0.452 e. The number of hydrogen-bond acceptors (Lipinski definition) is 7. The van der Waals surface area contributed by atoms with E-state index in [9.17, 15) is 4.79 Å². The lowest BCUT2D eigenvalue weighted by Gasteiger charge is -2.19. The lowest BCUT2D eigenvalue weighted by Crippen LogP contribution is -2.32. The number of nitrogens with one attached hydrogen (secondary N) is 1. The number of furan rings is 1. The average Bonchev–Trinajstić information content (AvgIpc) is 3.09. The molecular weight excluding hydrogens is 300 g/mol. The molecule has 8 heteroatoms. The van der Waals surface area contributed by atoms with Crippen LogP contribution >= 0.6 is 0 Å². The zero-order chi connectivity index (χ0) is 16.4. The van der Waals surface area contributed by atoms with Crippen LogP contribution in [0.25, 0.3) is 22.6 Å². The molecular formula is C15H16N4O4. The quantitative estimate of drug-likeness (QED) is 0.792. The third kappa shape index (κ3) is 3.65. The number of pyridine rings is 1. The number of rotatable bonds is 3. The summed E-state index contributed by atoms with van der Waals surface area (Å²) in [4.78, 5) is 19.8. The van der Waals surface area contributed by atoms with Gasteiger partial charge >= 0.3 is 6.09 Å². The van der Waals surface area contributed by atoms with Crippen molar-refractivity contribution in [3.8, 4) is 11.6 Å². The molecule has 0 aliphatic heterocycles. The van der Waals surface area contributed by atoms with E-state index in [-0.39, 0.29) is 12.4 Å². The third-order valence-electron chi connectivity index (χ3n) is 2.79. The van der Waals surface area contributed by atoms with Crippen molar-refractivity contribution < 1.29 is 18.5 Å². The first-order valence-electron chi connectivity index (χ1n) is 7.04. The second-order valence-corrected chi connectivity index (χ2v) is 5.89. The summed E-state index contributed by atoms with van der Waals surface area (Å²) in [6.45, 7) is 5.43. The molecule has 0 aliphatic carbocycles. The number of ether oxygens (including phenoxy) is 1. The Balaban J connectivity index is 1.67. The van der Waals surface area contributed by atoms with Crippen LogP contribution in [0.2, 0.25) is 0 Å². The molecule has 1 amide bonds. The number of carbonyl (C=O) groups excluding carboxylic acids is 1. The van der Waals surface area contributed by atoms with Crippen LogP contribution < -0.4 is 5.32 Å². The van der Waals surface area contributed by atoms with Crippen molar-refractivity contribution in [1.82, 2.24) is 20.4 Å². The smallest absolute Gasteiger partial charge is 0.408 e. The van der Waals surface area contributed by atoms with Gasteiger partial charge in [0.15, 0.2) is 5.76 Å². The molecule has 3 aromatic heterocycles. The fourth-order valence-electron chi connectivity index (χ4n) is 1.88. The number of aromatic nitrogens is 3. The summed E-state index contributed by atoms with van der Waals surface area (Å²) in [5, 5.41) is 7.24.